The molecule has 152 valence electrons. The number of carbonyl (C=O) groups excluding carboxylic acids is 1. The van der Waals surface area contributed by atoms with Crippen molar-refractivity contribution in [3.8, 4) is 0 Å². The molecule has 3 heterocycles. The predicted octanol–water partition coefficient (Wildman–Crippen LogP) is 5.50. The van der Waals surface area contributed by atoms with E-state index in [1.54, 1.807) is 6.20 Å². The Morgan fingerprint density at radius 2 is 1.87 bits per heavy atom. The van der Waals surface area contributed by atoms with Crippen LogP contribution in [0.4, 0.5) is 5.95 Å². The lowest BCUT2D eigenvalue weighted by molar-refractivity contribution is -0.116. The van der Waals surface area contributed by atoms with Crippen molar-refractivity contribution in [2.75, 3.05) is 5.32 Å². The predicted molar refractivity (Wildman–Crippen MR) is 121 cm³/mol. The zero-order valence-electron chi connectivity index (χ0n) is 16.6. The molecule has 6 heteroatoms. The van der Waals surface area contributed by atoms with Crippen LogP contribution < -0.4 is 5.32 Å². The smallest absolute Gasteiger partial charge is 0.209 e. The summed E-state index contributed by atoms with van der Waals surface area (Å²) in [5.74, 6) is 0.993. The maximum absolute atomic E-state index is 13.6. The van der Waals surface area contributed by atoms with Crippen LogP contribution in [0.25, 0.3) is 11.0 Å². The van der Waals surface area contributed by atoms with E-state index in [0.29, 0.717) is 11.4 Å². The number of Topliss-reactive ketones (excluding diaryl/α,β-unsaturated/α-hetero) is 1. The van der Waals surface area contributed by atoms with E-state index in [-0.39, 0.29) is 17.7 Å². The maximum atomic E-state index is 13.6. The molecule has 2 atom stereocenters. The minimum absolute atomic E-state index is 0.0860. The summed E-state index contributed by atoms with van der Waals surface area (Å²) >= 11 is 6.22. The molecule has 0 spiro atoms. The highest BCUT2D eigenvalue weighted by atomic mass is 35.5. The fourth-order valence-electron chi connectivity index (χ4n) is 4.87. The molecule has 1 N–H and O–H groups in total. The first-order valence-electron chi connectivity index (χ1n) is 10.3. The molecule has 5 nitrogen and oxygen atoms in total. The van der Waals surface area contributed by atoms with Crippen LogP contribution in [0.15, 0.2) is 84.3 Å². The van der Waals surface area contributed by atoms with Gasteiger partial charge in [0.05, 0.1) is 17.1 Å². The van der Waals surface area contributed by atoms with E-state index in [1.165, 1.54) is 0 Å². The van der Waals surface area contributed by atoms with Gasteiger partial charge in [-0.2, -0.15) is 0 Å². The molecule has 2 aliphatic rings. The van der Waals surface area contributed by atoms with Gasteiger partial charge in [-0.05, 0) is 53.8 Å². The molecule has 0 saturated heterocycles. The number of nitrogens with one attached hydrogen (secondary N) is 1. The van der Waals surface area contributed by atoms with Crippen molar-refractivity contribution in [3.63, 3.8) is 0 Å². The number of hydrogen-bond donors (Lipinski definition) is 1. The molecule has 1 aliphatic carbocycles. The van der Waals surface area contributed by atoms with Gasteiger partial charge in [0, 0.05) is 35.1 Å². The van der Waals surface area contributed by atoms with Gasteiger partial charge in [-0.3, -0.25) is 14.3 Å². The molecule has 4 aromatic rings. The summed E-state index contributed by atoms with van der Waals surface area (Å²) in [6, 6.07) is 19.5. The summed E-state index contributed by atoms with van der Waals surface area (Å²) in [5.41, 5.74) is 5.72. The van der Waals surface area contributed by atoms with Gasteiger partial charge in [-0.15, -0.1) is 0 Å². The lowest BCUT2D eigenvalue weighted by Crippen LogP contribution is -2.33. The quantitative estimate of drug-likeness (QED) is 0.459. The average molecular weight is 427 g/mol. The first-order valence-corrected chi connectivity index (χ1v) is 10.7. The number of carbonyl (C=O) groups is 1. The standard InChI is InChI=1S/C25H19ClN4O/c26-18-7-3-5-15(11-18)17-12-20-23(22(31)13-17)24(16-6-4-10-27-14-16)30-21-9-2-1-8-19(21)28-25(30)29-20/h1-11,14,17,24H,12-13H2,(H,28,29)/t17-,24-/m0/s1. The number of ketones is 1. The number of hydrogen-bond acceptors (Lipinski definition) is 4. The normalized spacial score (nSPS) is 20.4. The van der Waals surface area contributed by atoms with Crippen LogP contribution in [0.1, 0.15) is 35.9 Å². The number of aromatic nitrogens is 3. The Labute approximate surface area is 184 Å². The van der Waals surface area contributed by atoms with Crippen molar-refractivity contribution in [3.05, 3.63) is 100 Å². The summed E-state index contributed by atoms with van der Waals surface area (Å²) in [4.78, 5) is 22.7. The fraction of sp³-hybridized carbons (Fsp3) is 0.160. The molecule has 1 aliphatic heterocycles. The van der Waals surface area contributed by atoms with Crippen LogP contribution in [0, 0.1) is 0 Å². The van der Waals surface area contributed by atoms with Crippen molar-refractivity contribution in [1.29, 1.82) is 0 Å². The highest BCUT2D eigenvalue weighted by Gasteiger charge is 2.39. The average Bonchev–Trinajstić information content (AvgIpc) is 3.16. The van der Waals surface area contributed by atoms with E-state index < -0.39 is 0 Å². The van der Waals surface area contributed by atoms with Gasteiger partial charge in [0.15, 0.2) is 5.78 Å². The Morgan fingerprint density at radius 3 is 2.71 bits per heavy atom. The SMILES string of the molecule is O=C1C[C@@H](c2cccc(Cl)c2)CC2=C1[C@H](c1cccnc1)n1c(nc3ccccc31)N2. The molecule has 0 unspecified atom stereocenters. The van der Waals surface area contributed by atoms with E-state index in [4.69, 9.17) is 16.6 Å². The van der Waals surface area contributed by atoms with Crippen molar-refractivity contribution in [1.82, 2.24) is 14.5 Å². The monoisotopic (exact) mass is 426 g/mol. The second kappa shape index (κ2) is 7.06. The van der Waals surface area contributed by atoms with Crippen LogP contribution in [-0.2, 0) is 4.79 Å². The van der Waals surface area contributed by atoms with Crippen LogP contribution in [0.5, 0.6) is 0 Å². The number of benzene rings is 2. The van der Waals surface area contributed by atoms with Gasteiger partial charge >= 0.3 is 0 Å². The van der Waals surface area contributed by atoms with E-state index in [9.17, 15) is 4.79 Å². The van der Waals surface area contributed by atoms with E-state index in [2.05, 4.69) is 14.9 Å². The lowest BCUT2D eigenvalue weighted by atomic mass is 9.78. The van der Waals surface area contributed by atoms with Crippen LogP contribution in [-0.4, -0.2) is 20.3 Å². The summed E-state index contributed by atoms with van der Waals surface area (Å²) < 4.78 is 2.13. The van der Waals surface area contributed by atoms with Gasteiger partial charge in [0.2, 0.25) is 5.95 Å². The fourth-order valence-corrected chi connectivity index (χ4v) is 5.07. The topological polar surface area (TPSA) is 59.8 Å². The molecule has 0 fully saturated rings. The first kappa shape index (κ1) is 18.3. The second-order valence-corrected chi connectivity index (χ2v) is 8.52. The Morgan fingerprint density at radius 1 is 1.00 bits per heavy atom. The molecule has 31 heavy (non-hydrogen) atoms. The zero-order chi connectivity index (χ0) is 20.9. The number of pyridine rings is 1. The third-order valence-electron chi connectivity index (χ3n) is 6.22. The van der Waals surface area contributed by atoms with Crippen molar-refractivity contribution >= 4 is 34.4 Å². The first-order chi connectivity index (χ1) is 15.2. The Kier molecular flexibility index (Phi) is 4.18. The molecular weight excluding hydrogens is 408 g/mol. The number of imidazole rings is 1. The highest BCUT2D eigenvalue weighted by Crippen LogP contribution is 2.45. The van der Waals surface area contributed by atoms with Gasteiger partial charge in [-0.1, -0.05) is 41.9 Å². The van der Waals surface area contributed by atoms with E-state index >= 15 is 0 Å². The molecule has 6 rings (SSSR count). The molecule has 2 aromatic heterocycles. The minimum Gasteiger partial charge on any atom is -0.329 e. The number of anilines is 1. The number of fused-ring (bicyclic) bond motifs is 3. The molecule has 0 bridgehead atoms. The molecule has 0 radical (unpaired) electrons. The molecule has 0 amide bonds. The zero-order valence-corrected chi connectivity index (χ0v) is 17.4. The highest BCUT2D eigenvalue weighted by molar-refractivity contribution is 6.30. The number of halogens is 1. The van der Waals surface area contributed by atoms with Crippen molar-refractivity contribution in [2.45, 2.75) is 24.8 Å². The van der Waals surface area contributed by atoms with Crippen molar-refractivity contribution in [2.24, 2.45) is 0 Å². The Balaban J connectivity index is 1.52. The van der Waals surface area contributed by atoms with Crippen molar-refractivity contribution < 1.29 is 4.79 Å². The lowest BCUT2D eigenvalue weighted by Gasteiger charge is -2.36. The van der Waals surface area contributed by atoms with Crippen LogP contribution in [0.2, 0.25) is 5.02 Å². The molecule has 2 aromatic carbocycles. The Hall–Kier alpha value is -3.44. The van der Waals surface area contributed by atoms with Gasteiger partial charge in [-0.25, -0.2) is 4.98 Å². The van der Waals surface area contributed by atoms with E-state index in [0.717, 1.165) is 45.8 Å². The summed E-state index contributed by atoms with van der Waals surface area (Å²) in [5, 5.41) is 4.18. The van der Waals surface area contributed by atoms with Crippen LogP contribution in [0.3, 0.4) is 0 Å². The summed E-state index contributed by atoms with van der Waals surface area (Å²) in [6.45, 7) is 0. The maximum Gasteiger partial charge on any atom is 0.209 e. The molecular formula is C25H19ClN4O. The summed E-state index contributed by atoms with van der Waals surface area (Å²) in [7, 11) is 0. The number of para-hydroxylation sites is 2. The largest absolute Gasteiger partial charge is 0.329 e. The third-order valence-corrected chi connectivity index (χ3v) is 6.45. The number of rotatable bonds is 2. The Bertz CT molecular complexity index is 1360. The van der Waals surface area contributed by atoms with Gasteiger partial charge in [0.1, 0.15) is 0 Å². The van der Waals surface area contributed by atoms with E-state index in [1.807, 2.05) is 66.9 Å². The summed E-state index contributed by atoms with van der Waals surface area (Å²) in [6.07, 6.45) is 4.79. The number of allylic oxidation sites excluding steroid dienone is 2. The van der Waals surface area contributed by atoms with Crippen LogP contribution >= 0.6 is 11.6 Å². The van der Waals surface area contributed by atoms with Gasteiger partial charge < -0.3 is 5.32 Å². The van der Waals surface area contributed by atoms with Gasteiger partial charge in [0.25, 0.3) is 0 Å². The second-order valence-electron chi connectivity index (χ2n) is 8.08. The minimum atomic E-state index is -0.250. The number of nitrogens with zero attached hydrogens (tertiary/aromatic N) is 3. The third kappa shape index (κ3) is 2.96. The molecule has 0 saturated carbocycles.